The fourth-order valence-corrected chi connectivity index (χ4v) is 2.44. The van der Waals surface area contributed by atoms with Gasteiger partial charge in [-0.15, -0.1) is 0 Å². The van der Waals surface area contributed by atoms with Gasteiger partial charge in [-0.1, -0.05) is 65.7 Å². The van der Waals surface area contributed by atoms with Gasteiger partial charge < -0.3 is 10.1 Å². The molecule has 0 spiro atoms. The number of aryl methyl sites for hydroxylation is 2. The van der Waals surface area contributed by atoms with Gasteiger partial charge >= 0.3 is 5.97 Å². The Bertz CT molecular complexity index is 836. The Labute approximate surface area is 154 Å². The molecule has 4 rings (SSSR count). The van der Waals surface area contributed by atoms with E-state index >= 15 is 0 Å². The van der Waals surface area contributed by atoms with Crippen molar-refractivity contribution >= 4 is 5.97 Å². The number of carbonyl (C=O) groups excluding carboxylic acids is 1. The number of hydrogen-bond acceptors (Lipinski definition) is 3. The molecule has 0 bridgehead atoms. The van der Waals surface area contributed by atoms with Gasteiger partial charge in [0.1, 0.15) is 5.75 Å². The van der Waals surface area contributed by atoms with Crippen LogP contribution in [0.2, 0.25) is 0 Å². The summed E-state index contributed by atoms with van der Waals surface area (Å²) < 4.78 is 5.22. The van der Waals surface area contributed by atoms with Gasteiger partial charge in [0.25, 0.3) is 0 Å². The Kier molecular flexibility index (Phi) is 5.82. The molecule has 0 aliphatic carbocycles. The van der Waals surface area contributed by atoms with Crippen molar-refractivity contribution in [3.63, 3.8) is 0 Å². The van der Waals surface area contributed by atoms with Crippen LogP contribution in [0, 0.1) is 13.8 Å². The smallest absolute Gasteiger partial charge is 0.343 e. The molecule has 0 aromatic heterocycles. The summed E-state index contributed by atoms with van der Waals surface area (Å²) in [6.07, 6.45) is 0. The lowest BCUT2D eigenvalue weighted by Crippen LogP contribution is -2.07. The zero-order valence-electron chi connectivity index (χ0n) is 15.1. The van der Waals surface area contributed by atoms with Gasteiger partial charge in [0.05, 0.1) is 5.56 Å². The molecule has 3 nitrogen and oxygen atoms in total. The molecule has 1 unspecified atom stereocenters. The second-order valence-corrected chi connectivity index (χ2v) is 6.44. The van der Waals surface area contributed by atoms with E-state index < -0.39 is 0 Å². The summed E-state index contributed by atoms with van der Waals surface area (Å²) in [5.41, 5.74) is 4.46. The number of benzene rings is 3. The van der Waals surface area contributed by atoms with E-state index in [4.69, 9.17) is 4.74 Å². The van der Waals surface area contributed by atoms with E-state index in [-0.39, 0.29) is 5.97 Å². The van der Waals surface area contributed by atoms with Crippen LogP contribution in [0.5, 0.6) is 5.75 Å². The lowest BCUT2D eigenvalue weighted by molar-refractivity contribution is 0.0734. The van der Waals surface area contributed by atoms with Crippen LogP contribution in [0.1, 0.15) is 33.1 Å². The highest BCUT2D eigenvalue weighted by atomic mass is 16.5. The molecular weight excluding hydrogens is 322 g/mol. The largest absolute Gasteiger partial charge is 0.423 e. The predicted octanol–water partition coefficient (Wildman–Crippen LogP) is 4.85. The lowest BCUT2D eigenvalue weighted by atomic mass is 10.1. The van der Waals surface area contributed by atoms with E-state index in [1.807, 2.05) is 37.3 Å². The first-order valence-corrected chi connectivity index (χ1v) is 8.75. The van der Waals surface area contributed by atoms with Gasteiger partial charge in [0.15, 0.2) is 0 Å². The zero-order chi connectivity index (χ0) is 18.4. The minimum Gasteiger partial charge on any atom is -0.423 e. The number of carbonyl (C=O) groups is 1. The third-order valence-electron chi connectivity index (χ3n) is 4.13. The van der Waals surface area contributed by atoms with Crippen molar-refractivity contribution in [2.45, 2.75) is 19.9 Å². The van der Waals surface area contributed by atoms with Gasteiger partial charge in [0.2, 0.25) is 0 Å². The summed E-state index contributed by atoms with van der Waals surface area (Å²) in [5, 5.41) is 3.27. The summed E-state index contributed by atoms with van der Waals surface area (Å²) >= 11 is 0. The fraction of sp³-hybridized carbons (Fsp3) is 0.174. The fourth-order valence-electron chi connectivity index (χ4n) is 2.44. The predicted molar refractivity (Wildman–Crippen MR) is 105 cm³/mol. The van der Waals surface area contributed by atoms with Crippen molar-refractivity contribution in [1.82, 2.24) is 5.32 Å². The maximum atomic E-state index is 11.7. The van der Waals surface area contributed by atoms with Crippen molar-refractivity contribution in [1.29, 1.82) is 0 Å². The van der Waals surface area contributed by atoms with E-state index in [1.54, 1.807) is 24.3 Å². The molecule has 1 saturated heterocycles. The van der Waals surface area contributed by atoms with E-state index in [0.29, 0.717) is 17.4 Å². The minimum absolute atomic E-state index is 0.329. The first-order valence-electron chi connectivity index (χ1n) is 8.75. The summed E-state index contributed by atoms with van der Waals surface area (Å²) in [6.45, 7) is 5.26. The molecule has 1 fully saturated rings. The molecule has 3 aromatic rings. The van der Waals surface area contributed by atoms with Gasteiger partial charge in [0, 0.05) is 12.6 Å². The highest BCUT2D eigenvalue weighted by Gasteiger charge is 2.21. The number of esters is 1. The maximum Gasteiger partial charge on any atom is 0.343 e. The SMILES string of the molecule is Cc1ccc(C2CN2)cc1.Cc1ccc(OC(=O)c2ccccc2)cc1. The monoisotopic (exact) mass is 345 g/mol. The quantitative estimate of drug-likeness (QED) is 0.419. The second-order valence-electron chi connectivity index (χ2n) is 6.44. The average molecular weight is 345 g/mol. The molecule has 0 saturated carbocycles. The average Bonchev–Trinajstić information content (AvgIpc) is 3.51. The van der Waals surface area contributed by atoms with E-state index in [0.717, 1.165) is 12.1 Å². The second kappa shape index (κ2) is 8.45. The normalized spacial score (nSPS) is 14.8. The van der Waals surface area contributed by atoms with Crippen LogP contribution in [0.4, 0.5) is 0 Å². The highest BCUT2D eigenvalue weighted by molar-refractivity contribution is 5.90. The van der Waals surface area contributed by atoms with Gasteiger partial charge in [-0.25, -0.2) is 4.79 Å². The van der Waals surface area contributed by atoms with Gasteiger partial charge in [-0.05, 0) is 43.7 Å². The van der Waals surface area contributed by atoms with Gasteiger partial charge in [-0.3, -0.25) is 0 Å². The lowest BCUT2D eigenvalue weighted by Gasteiger charge is -2.04. The Balaban J connectivity index is 0.000000167. The molecule has 1 N–H and O–H groups in total. The van der Waals surface area contributed by atoms with Crippen LogP contribution >= 0.6 is 0 Å². The Morgan fingerprint density at radius 2 is 1.38 bits per heavy atom. The zero-order valence-corrected chi connectivity index (χ0v) is 15.1. The Hall–Kier alpha value is -2.91. The summed E-state index contributed by atoms with van der Waals surface area (Å²) in [5.74, 6) is 0.240. The van der Waals surface area contributed by atoms with Crippen molar-refractivity contribution < 1.29 is 9.53 Å². The third kappa shape index (κ3) is 5.30. The summed E-state index contributed by atoms with van der Waals surface area (Å²) in [7, 11) is 0. The van der Waals surface area contributed by atoms with Crippen molar-refractivity contribution in [3.05, 3.63) is 101 Å². The van der Waals surface area contributed by atoms with Crippen LogP contribution in [-0.2, 0) is 0 Å². The molecule has 26 heavy (non-hydrogen) atoms. The Morgan fingerprint density at radius 1 is 0.846 bits per heavy atom. The number of rotatable bonds is 3. The van der Waals surface area contributed by atoms with Crippen LogP contribution in [0.15, 0.2) is 78.9 Å². The molecule has 0 radical (unpaired) electrons. The first-order chi connectivity index (χ1) is 12.6. The molecule has 0 amide bonds. The summed E-state index contributed by atoms with van der Waals surface area (Å²) in [4.78, 5) is 11.7. The molecule has 3 heteroatoms. The van der Waals surface area contributed by atoms with E-state index in [2.05, 4.69) is 36.5 Å². The molecular formula is C23H23NO2. The van der Waals surface area contributed by atoms with E-state index in [9.17, 15) is 4.79 Å². The molecule has 1 aliphatic heterocycles. The summed E-state index contributed by atoms with van der Waals surface area (Å²) in [6, 6.07) is 25.7. The first kappa shape index (κ1) is 17.9. The van der Waals surface area contributed by atoms with Crippen LogP contribution < -0.4 is 10.1 Å². The number of ether oxygens (including phenoxy) is 1. The molecule has 1 aliphatic rings. The van der Waals surface area contributed by atoms with E-state index in [1.165, 1.54) is 11.1 Å². The standard InChI is InChI=1S/C14H12O2.C9H11N/c1-11-7-9-13(10-8-11)16-14(15)12-5-3-2-4-6-12;1-7-2-4-8(5-3-7)9-6-10-9/h2-10H,1H3;2-5,9-10H,6H2,1H3. The highest BCUT2D eigenvalue weighted by Crippen LogP contribution is 2.20. The molecule has 1 atom stereocenters. The number of nitrogens with one attached hydrogen (secondary N) is 1. The topological polar surface area (TPSA) is 48.2 Å². The van der Waals surface area contributed by atoms with Gasteiger partial charge in [-0.2, -0.15) is 0 Å². The van der Waals surface area contributed by atoms with Crippen LogP contribution in [-0.4, -0.2) is 12.5 Å². The third-order valence-corrected chi connectivity index (χ3v) is 4.13. The molecule has 3 aromatic carbocycles. The van der Waals surface area contributed by atoms with Crippen molar-refractivity contribution in [3.8, 4) is 5.75 Å². The Morgan fingerprint density at radius 3 is 1.92 bits per heavy atom. The number of hydrogen-bond donors (Lipinski definition) is 1. The van der Waals surface area contributed by atoms with Crippen molar-refractivity contribution in [2.24, 2.45) is 0 Å². The minimum atomic E-state index is -0.329. The van der Waals surface area contributed by atoms with Crippen molar-refractivity contribution in [2.75, 3.05) is 6.54 Å². The molecule has 1 heterocycles. The van der Waals surface area contributed by atoms with Crippen LogP contribution in [0.3, 0.4) is 0 Å². The van der Waals surface area contributed by atoms with Crippen LogP contribution in [0.25, 0.3) is 0 Å². The molecule has 132 valence electrons. The maximum absolute atomic E-state index is 11.7.